The number of hydrogen-bond acceptors (Lipinski definition) is 3. The molecule has 0 aliphatic rings. The normalized spacial score (nSPS) is 15.3. The lowest BCUT2D eigenvalue weighted by atomic mass is 10.1. The molecule has 0 fully saturated rings. The summed E-state index contributed by atoms with van der Waals surface area (Å²) < 4.78 is 0. The third-order valence-electron chi connectivity index (χ3n) is 2.84. The molecule has 0 aliphatic carbocycles. The monoisotopic (exact) mass is 208 g/mol. The summed E-state index contributed by atoms with van der Waals surface area (Å²) in [6, 6.07) is 6.14. The number of aromatic nitrogens is 1. The Kier molecular flexibility index (Phi) is 4.72. The average Bonchev–Trinajstić information content (AvgIpc) is 2.26. The van der Waals surface area contributed by atoms with Crippen molar-refractivity contribution >= 4 is 0 Å². The number of hydrogen-bond donors (Lipinski definition) is 1. The van der Waals surface area contributed by atoms with Gasteiger partial charge in [-0.3, -0.25) is 4.98 Å². The van der Waals surface area contributed by atoms with Crippen LogP contribution in [-0.4, -0.2) is 40.7 Å². The molecule has 3 nitrogen and oxygen atoms in total. The molecular weight excluding hydrogens is 188 g/mol. The second-order valence-corrected chi connectivity index (χ2v) is 4.03. The Balaban J connectivity index is 2.37. The van der Waals surface area contributed by atoms with Gasteiger partial charge in [-0.2, -0.15) is 0 Å². The maximum Gasteiger partial charge on any atom is 0.0664 e. The predicted octanol–water partition coefficient (Wildman–Crippen LogP) is 1.33. The summed E-state index contributed by atoms with van der Waals surface area (Å²) in [6.07, 6.45) is 2.45. The number of aliphatic hydroxyl groups excluding tert-OH is 1. The fraction of sp³-hybridized carbons (Fsp3) is 0.583. The van der Waals surface area contributed by atoms with Gasteiger partial charge in [-0.05, 0) is 33.0 Å². The fourth-order valence-electron chi connectivity index (χ4n) is 1.41. The van der Waals surface area contributed by atoms with Crippen LogP contribution in [0.3, 0.4) is 0 Å². The Morgan fingerprint density at radius 2 is 2.13 bits per heavy atom. The maximum absolute atomic E-state index is 9.43. The molecule has 0 aliphatic heterocycles. The summed E-state index contributed by atoms with van der Waals surface area (Å²) in [5, 5.41) is 9.43. The Morgan fingerprint density at radius 3 is 2.67 bits per heavy atom. The van der Waals surface area contributed by atoms with E-state index in [9.17, 15) is 5.11 Å². The minimum Gasteiger partial charge on any atom is -0.392 e. The Labute approximate surface area is 91.8 Å². The van der Waals surface area contributed by atoms with E-state index in [2.05, 4.69) is 9.88 Å². The highest BCUT2D eigenvalue weighted by Crippen LogP contribution is 2.03. The Morgan fingerprint density at radius 1 is 1.40 bits per heavy atom. The van der Waals surface area contributed by atoms with Crippen LogP contribution in [0.15, 0.2) is 24.4 Å². The first-order valence-corrected chi connectivity index (χ1v) is 5.39. The molecule has 2 atom stereocenters. The Bertz CT molecular complexity index is 274. The van der Waals surface area contributed by atoms with Gasteiger partial charge in [0.15, 0.2) is 0 Å². The third kappa shape index (κ3) is 3.98. The van der Waals surface area contributed by atoms with Gasteiger partial charge in [0, 0.05) is 30.9 Å². The quantitative estimate of drug-likeness (QED) is 0.793. The topological polar surface area (TPSA) is 36.4 Å². The molecule has 0 saturated heterocycles. The van der Waals surface area contributed by atoms with E-state index in [1.807, 2.05) is 45.3 Å². The molecule has 0 bridgehead atoms. The number of nitrogens with zero attached hydrogens (tertiary/aromatic N) is 2. The van der Waals surface area contributed by atoms with Crippen molar-refractivity contribution < 1.29 is 5.11 Å². The van der Waals surface area contributed by atoms with E-state index < -0.39 is 0 Å². The number of likely N-dealkylation sites (N-methyl/N-ethyl adjacent to an activating group) is 1. The zero-order valence-electron chi connectivity index (χ0n) is 9.72. The highest BCUT2D eigenvalue weighted by Gasteiger charge is 2.13. The van der Waals surface area contributed by atoms with Crippen molar-refractivity contribution in [1.82, 2.24) is 9.88 Å². The van der Waals surface area contributed by atoms with E-state index in [-0.39, 0.29) is 12.1 Å². The molecule has 0 spiro atoms. The Hall–Kier alpha value is -0.930. The number of pyridine rings is 1. The standard InChI is InChI=1S/C12H20N2O/c1-10(11(2)15)14(3)9-7-12-6-4-5-8-13-12/h4-6,8,10-11,15H,7,9H2,1-3H3. The minimum atomic E-state index is -0.293. The number of aliphatic hydroxyl groups is 1. The van der Waals surface area contributed by atoms with Crippen LogP contribution in [-0.2, 0) is 6.42 Å². The van der Waals surface area contributed by atoms with Crippen LogP contribution in [0.5, 0.6) is 0 Å². The molecule has 84 valence electrons. The molecular formula is C12H20N2O. The van der Waals surface area contributed by atoms with Crippen molar-refractivity contribution in [2.75, 3.05) is 13.6 Å². The van der Waals surface area contributed by atoms with E-state index >= 15 is 0 Å². The predicted molar refractivity (Wildman–Crippen MR) is 61.7 cm³/mol. The van der Waals surface area contributed by atoms with Crippen LogP contribution < -0.4 is 0 Å². The van der Waals surface area contributed by atoms with Crippen molar-refractivity contribution in [3.8, 4) is 0 Å². The third-order valence-corrected chi connectivity index (χ3v) is 2.84. The number of rotatable bonds is 5. The SMILES string of the molecule is CC(O)C(C)N(C)CCc1ccccn1. The second kappa shape index (κ2) is 5.83. The summed E-state index contributed by atoms with van der Waals surface area (Å²) in [4.78, 5) is 6.42. The van der Waals surface area contributed by atoms with Crippen LogP contribution >= 0.6 is 0 Å². The first-order chi connectivity index (χ1) is 7.11. The van der Waals surface area contributed by atoms with Gasteiger partial charge in [-0.15, -0.1) is 0 Å². The van der Waals surface area contributed by atoms with Gasteiger partial charge < -0.3 is 10.0 Å². The summed E-state index contributed by atoms with van der Waals surface area (Å²) in [6.45, 7) is 4.77. The molecule has 0 radical (unpaired) electrons. The van der Waals surface area contributed by atoms with Crippen LogP contribution in [0.25, 0.3) is 0 Å². The highest BCUT2D eigenvalue weighted by atomic mass is 16.3. The van der Waals surface area contributed by atoms with E-state index in [4.69, 9.17) is 0 Å². The highest BCUT2D eigenvalue weighted by molar-refractivity contribution is 5.03. The van der Waals surface area contributed by atoms with Crippen molar-refractivity contribution in [3.05, 3.63) is 30.1 Å². The zero-order valence-corrected chi connectivity index (χ0v) is 9.72. The lowest BCUT2D eigenvalue weighted by Crippen LogP contribution is -2.38. The van der Waals surface area contributed by atoms with Crippen LogP contribution in [0.4, 0.5) is 0 Å². The largest absolute Gasteiger partial charge is 0.392 e. The second-order valence-electron chi connectivity index (χ2n) is 4.03. The first kappa shape index (κ1) is 12.1. The minimum absolute atomic E-state index is 0.189. The summed E-state index contributed by atoms with van der Waals surface area (Å²) >= 11 is 0. The van der Waals surface area contributed by atoms with Crippen molar-refractivity contribution in [2.45, 2.75) is 32.4 Å². The van der Waals surface area contributed by atoms with Gasteiger partial charge in [0.1, 0.15) is 0 Å². The fourth-order valence-corrected chi connectivity index (χ4v) is 1.41. The summed E-state index contributed by atoms with van der Waals surface area (Å²) in [5.74, 6) is 0. The average molecular weight is 208 g/mol. The lowest BCUT2D eigenvalue weighted by Gasteiger charge is -2.26. The molecule has 0 saturated carbocycles. The molecule has 1 rings (SSSR count). The molecule has 1 aromatic heterocycles. The van der Waals surface area contributed by atoms with Gasteiger partial charge in [-0.1, -0.05) is 6.07 Å². The van der Waals surface area contributed by atoms with Gasteiger partial charge in [0.25, 0.3) is 0 Å². The van der Waals surface area contributed by atoms with Crippen LogP contribution in [0.1, 0.15) is 19.5 Å². The molecule has 2 unspecified atom stereocenters. The van der Waals surface area contributed by atoms with Gasteiger partial charge in [0.2, 0.25) is 0 Å². The molecule has 0 aromatic carbocycles. The molecule has 0 amide bonds. The molecule has 3 heteroatoms. The maximum atomic E-state index is 9.43. The van der Waals surface area contributed by atoms with E-state index in [0.717, 1.165) is 18.7 Å². The van der Waals surface area contributed by atoms with Gasteiger partial charge in [0.05, 0.1) is 6.10 Å². The van der Waals surface area contributed by atoms with E-state index in [1.54, 1.807) is 0 Å². The summed E-state index contributed by atoms with van der Waals surface area (Å²) in [7, 11) is 2.03. The molecule has 1 N–H and O–H groups in total. The summed E-state index contributed by atoms with van der Waals surface area (Å²) in [5.41, 5.74) is 1.10. The molecule has 1 heterocycles. The van der Waals surface area contributed by atoms with Crippen LogP contribution in [0.2, 0.25) is 0 Å². The molecule has 1 aromatic rings. The van der Waals surface area contributed by atoms with E-state index in [1.165, 1.54) is 0 Å². The lowest BCUT2D eigenvalue weighted by molar-refractivity contribution is 0.0872. The van der Waals surface area contributed by atoms with Crippen molar-refractivity contribution in [3.63, 3.8) is 0 Å². The van der Waals surface area contributed by atoms with E-state index in [0.29, 0.717) is 0 Å². The van der Waals surface area contributed by atoms with Crippen molar-refractivity contribution in [1.29, 1.82) is 0 Å². The van der Waals surface area contributed by atoms with Gasteiger partial charge in [-0.25, -0.2) is 0 Å². The smallest absolute Gasteiger partial charge is 0.0664 e. The van der Waals surface area contributed by atoms with Gasteiger partial charge >= 0.3 is 0 Å². The zero-order chi connectivity index (χ0) is 11.3. The van der Waals surface area contributed by atoms with Crippen LogP contribution in [0, 0.1) is 0 Å². The molecule has 15 heavy (non-hydrogen) atoms. The first-order valence-electron chi connectivity index (χ1n) is 5.39. The van der Waals surface area contributed by atoms with Crippen molar-refractivity contribution in [2.24, 2.45) is 0 Å².